The van der Waals surface area contributed by atoms with E-state index < -0.39 is 0 Å². The number of nitrogens with one attached hydrogen (secondary N) is 1. The second-order valence-electron chi connectivity index (χ2n) is 9.00. The van der Waals surface area contributed by atoms with Gasteiger partial charge in [0, 0.05) is 24.3 Å². The first kappa shape index (κ1) is 21.0. The molecular weight excluding hydrogens is 395 g/mol. The van der Waals surface area contributed by atoms with Gasteiger partial charge in [-0.1, -0.05) is 32.9 Å². The van der Waals surface area contributed by atoms with Crippen molar-refractivity contribution in [2.24, 2.45) is 0 Å². The molecule has 162 valence electrons. The van der Waals surface area contributed by atoms with Crippen LogP contribution in [-0.2, 0) is 5.41 Å². The number of likely N-dealkylation sites (tertiary alicyclic amines) is 1. The van der Waals surface area contributed by atoms with Crippen LogP contribution in [0.4, 0.5) is 14.9 Å². The van der Waals surface area contributed by atoms with Gasteiger partial charge in [-0.15, -0.1) is 10.2 Å². The number of amides is 2. The molecule has 0 radical (unpaired) electrons. The summed E-state index contributed by atoms with van der Waals surface area (Å²) in [7, 11) is 0. The zero-order valence-electron chi connectivity index (χ0n) is 18.1. The molecule has 0 aliphatic carbocycles. The molecule has 2 amide bonds. The number of carbonyl (C=O) groups excluding carboxylic acids is 1. The van der Waals surface area contributed by atoms with Crippen LogP contribution in [0, 0.1) is 5.82 Å². The fourth-order valence-corrected chi connectivity index (χ4v) is 3.73. The van der Waals surface area contributed by atoms with Gasteiger partial charge in [0.05, 0.1) is 5.92 Å². The Bertz CT molecular complexity index is 1040. The fourth-order valence-electron chi connectivity index (χ4n) is 3.73. The first-order valence-corrected chi connectivity index (χ1v) is 10.6. The quantitative estimate of drug-likeness (QED) is 0.598. The highest BCUT2D eigenvalue weighted by molar-refractivity contribution is 5.89. The maximum atomic E-state index is 13.1. The second kappa shape index (κ2) is 8.49. The maximum Gasteiger partial charge on any atom is 0.321 e. The minimum atomic E-state index is -0.314. The van der Waals surface area contributed by atoms with Crippen molar-refractivity contribution in [2.45, 2.75) is 44.9 Å². The average Bonchev–Trinajstić information content (AvgIpc) is 3.24. The Morgan fingerprint density at radius 2 is 1.81 bits per heavy atom. The van der Waals surface area contributed by atoms with E-state index in [1.165, 1.54) is 17.7 Å². The standard InChI is InChI=1S/C24H27FN4O2/c1-24(2,3)18-8-12-20(13-9-18)26-23(30)29-14-4-5-17(15-29)22-28-27-21(31-22)16-6-10-19(25)11-7-16/h6-13,17H,4-5,14-15H2,1-3H3,(H,26,30). The summed E-state index contributed by atoms with van der Waals surface area (Å²) in [5, 5.41) is 11.3. The zero-order chi connectivity index (χ0) is 22.0. The molecule has 1 fully saturated rings. The highest BCUT2D eigenvalue weighted by atomic mass is 19.1. The van der Waals surface area contributed by atoms with E-state index in [1.54, 1.807) is 17.0 Å². The van der Waals surface area contributed by atoms with Crippen LogP contribution in [0.5, 0.6) is 0 Å². The molecule has 7 heteroatoms. The number of carbonyl (C=O) groups is 1. The molecule has 1 aliphatic rings. The van der Waals surface area contributed by atoms with Crippen LogP contribution in [0.1, 0.15) is 51.0 Å². The monoisotopic (exact) mass is 422 g/mol. The highest BCUT2D eigenvalue weighted by Gasteiger charge is 2.28. The van der Waals surface area contributed by atoms with Crippen LogP contribution in [0.25, 0.3) is 11.5 Å². The molecule has 2 aromatic carbocycles. The third-order valence-corrected chi connectivity index (χ3v) is 5.59. The molecule has 1 atom stereocenters. The average molecular weight is 423 g/mol. The molecule has 1 aliphatic heterocycles. The van der Waals surface area contributed by atoms with Crippen molar-refractivity contribution >= 4 is 11.7 Å². The molecule has 3 aromatic rings. The van der Waals surface area contributed by atoms with Crippen LogP contribution in [0.15, 0.2) is 52.9 Å². The third-order valence-electron chi connectivity index (χ3n) is 5.59. The summed E-state index contributed by atoms with van der Waals surface area (Å²) in [4.78, 5) is 14.6. The largest absolute Gasteiger partial charge is 0.420 e. The predicted octanol–water partition coefficient (Wildman–Crippen LogP) is 5.58. The zero-order valence-corrected chi connectivity index (χ0v) is 18.1. The van der Waals surface area contributed by atoms with Crippen molar-refractivity contribution in [1.29, 1.82) is 0 Å². The van der Waals surface area contributed by atoms with E-state index in [0.717, 1.165) is 18.5 Å². The van der Waals surface area contributed by atoms with E-state index in [1.807, 2.05) is 24.3 Å². The molecule has 6 nitrogen and oxygen atoms in total. The number of benzene rings is 2. The van der Waals surface area contributed by atoms with E-state index in [9.17, 15) is 9.18 Å². The summed E-state index contributed by atoms with van der Waals surface area (Å²) in [6.45, 7) is 7.67. The summed E-state index contributed by atoms with van der Waals surface area (Å²) in [5.41, 5.74) is 2.73. The van der Waals surface area contributed by atoms with Crippen LogP contribution in [0.3, 0.4) is 0 Å². The smallest absolute Gasteiger partial charge is 0.321 e. The van der Waals surface area contributed by atoms with Crippen molar-refractivity contribution in [3.8, 4) is 11.5 Å². The minimum absolute atomic E-state index is 0.0236. The van der Waals surface area contributed by atoms with Gasteiger partial charge < -0.3 is 14.6 Å². The number of piperidine rings is 1. The molecule has 1 N–H and O–H groups in total. The summed E-state index contributed by atoms with van der Waals surface area (Å²) in [6.07, 6.45) is 1.73. The highest BCUT2D eigenvalue weighted by Crippen LogP contribution is 2.29. The summed E-state index contributed by atoms with van der Waals surface area (Å²) < 4.78 is 19.0. The lowest BCUT2D eigenvalue weighted by Crippen LogP contribution is -2.41. The minimum Gasteiger partial charge on any atom is -0.420 e. The Balaban J connectivity index is 1.40. The molecule has 1 unspecified atom stereocenters. The van der Waals surface area contributed by atoms with Crippen molar-refractivity contribution in [3.05, 3.63) is 65.8 Å². The first-order valence-electron chi connectivity index (χ1n) is 10.6. The lowest BCUT2D eigenvalue weighted by Gasteiger charge is -2.31. The van der Waals surface area contributed by atoms with Gasteiger partial charge in [-0.25, -0.2) is 9.18 Å². The molecule has 1 aromatic heterocycles. The van der Waals surface area contributed by atoms with E-state index in [4.69, 9.17) is 4.42 Å². The SMILES string of the molecule is CC(C)(C)c1ccc(NC(=O)N2CCCC(c3nnc(-c4ccc(F)cc4)o3)C2)cc1. The normalized spacial score (nSPS) is 16.9. The summed E-state index contributed by atoms with van der Waals surface area (Å²) >= 11 is 0. The van der Waals surface area contributed by atoms with E-state index in [-0.39, 0.29) is 23.2 Å². The lowest BCUT2D eigenvalue weighted by molar-refractivity contribution is 0.187. The van der Waals surface area contributed by atoms with Crippen LogP contribution < -0.4 is 5.32 Å². The second-order valence-corrected chi connectivity index (χ2v) is 9.00. The number of urea groups is 1. The van der Waals surface area contributed by atoms with Crippen molar-refractivity contribution in [1.82, 2.24) is 15.1 Å². The van der Waals surface area contributed by atoms with E-state index in [2.05, 4.69) is 36.3 Å². The summed E-state index contributed by atoms with van der Waals surface area (Å²) in [5.74, 6) is 0.525. The molecule has 1 saturated heterocycles. The molecule has 31 heavy (non-hydrogen) atoms. The van der Waals surface area contributed by atoms with Gasteiger partial charge in [-0.05, 0) is 60.2 Å². The molecule has 0 saturated carbocycles. The van der Waals surface area contributed by atoms with E-state index in [0.29, 0.717) is 30.4 Å². The van der Waals surface area contributed by atoms with Crippen molar-refractivity contribution in [3.63, 3.8) is 0 Å². The Kier molecular flexibility index (Phi) is 5.76. The van der Waals surface area contributed by atoms with Gasteiger partial charge >= 0.3 is 6.03 Å². The van der Waals surface area contributed by atoms with Gasteiger partial charge in [0.15, 0.2) is 0 Å². The molecule has 2 heterocycles. The van der Waals surface area contributed by atoms with Gasteiger partial charge in [0.1, 0.15) is 5.82 Å². The van der Waals surface area contributed by atoms with Crippen LogP contribution in [0.2, 0.25) is 0 Å². The third kappa shape index (κ3) is 4.93. The molecular formula is C24H27FN4O2. The predicted molar refractivity (Wildman–Crippen MR) is 117 cm³/mol. The lowest BCUT2D eigenvalue weighted by atomic mass is 9.87. The number of anilines is 1. The Morgan fingerprint density at radius 3 is 2.48 bits per heavy atom. The van der Waals surface area contributed by atoms with Gasteiger partial charge in [0.25, 0.3) is 0 Å². The fraction of sp³-hybridized carbons (Fsp3) is 0.375. The van der Waals surface area contributed by atoms with Gasteiger partial charge in [0.2, 0.25) is 11.8 Å². The molecule has 4 rings (SSSR count). The number of halogens is 1. The van der Waals surface area contributed by atoms with Gasteiger partial charge in [-0.3, -0.25) is 0 Å². The topological polar surface area (TPSA) is 71.3 Å². The van der Waals surface area contributed by atoms with Gasteiger partial charge in [-0.2, -0.15) is 0 Å². The molecule has 0 bridgehead atoms. The number of hydrogen-bond acceptors (Lipinski definition) is 4. The van der Waals surface area contributed by atoms with E-state index >= 15 is 0 Å². The summed E-state index contributed by atoms with van der Waals surface area (Å²) in [6, 6.07) is 13.8. The molecule has 0 spiro atoms. The Morgan fingerprint density at radius 1 is 1.10 bits per heavy atom. The number of rotatable bonds is 3. The van der Waals surface area contributed by atoms with Crippen LogP contribution >= 0.6 is 0 Å². The van der Waals surface area contributed by atoms with Crippen molar-refractivity contribution < 1.29 is 13.6 Å². The first-order chi connectivity index (χ1) is 14.8. The Labute approximate surface area is 181 Å². The van der Waals surface area contributed by atoms with Crippen molar-refractivity contribution in [2.75, 3.05) is 18.4 Å². The Hall–Kier alpha value is -3.22. The van der Waals surface area contributed by atoms with Crippen LogP contribution in [-0.4, -0.2) is 34.2 Å². The number of hydrogen-bond donors (Lipinski definition) is 1. The number of aromatic nitrogens is 2. The number of nitrogens with zero attached hydrogens (tertiary/aromatic N) is 3. The maximum absolute atomic E-state index is 13.1.